The van der Waals surface area contributed by atoms with E-state index in [1.165, 1.54) is 0 Å². The zero-order valence-corrected chi connectivity index (χ0v) is 17.7. The number of fused-ring (bicyclic) bond motifs is 1. The van der Waals surface area contributed by atoms with E-state index >= 15 is 0 Å². The number of amides is 1. The Kier molecular flexibility index (Phi) is 5.57. The normalized spacial score (nSPS) is 14.8. The first-order valence-corrected chi connectivity index (χ1v) is 10.5. The minimum absolute atomic E-state index is 0.125. The van der Waals surface area contributed by atoms with Crippen LogP contribution in [0.25, 0.3) is 16.7 Å². The number of nitrogens with zero attached hydrogens (tertiary/aromatic N) is 3. The molecule has 0 unspecified atom stereocenters. The molecule has 1 aliphatic heterocycles. The molecule has 2 heterocycles. The van der Waals surface area contributed by atoms with Gasteiger partial charge < -0.3 is 9.64 Å². The van der Waals surface area contributed by atoms with Gasteiger partial charge in [0.15, 0.2) is 0 Å². The smallest absolute Gasteiger partial charge is 0.338 e. The molecule has 1 amide bonds. The van der Waals surface area contributed by atoms with Gasteiger partial charge in [0.25, 0.3) is 0 Å². The molecule has 0 spiro atoms. The second-order valence-electron chi connectivity index (χ2n) is 7.85. The number of esters is 1. The van der Waals surface area contributed by atoms with Crippen LogP contribution in [0.5, 0.6) is 0 Å². The SMILES string of the molecule is CCOC(=O)c1cccc(-n2c(C3CCN(C(C)=O)CC3)nc3cc(C)ccc32)c1. The maximum Gasteiger partial charge on any atom is 0.338 e. The van der Waals surface area contributed by atoms with Crippen molar-refractivity contribution < 1.29 is 14.3 Å². The lowest BCUT2D eigenvalue weighted by Gasteiger charge is -2.31. The van der Waals surface area contributed by atoms with E-state index in [0.717, 1.165) is 54.0 Å². The summed E-state index contributed by atoms with van der Waals surface area (Å²) in [5.74, 6) is 1.04. The average Bonchev–Trinajstić information content (AvgIpc) is 3.12. The number of rotatable bonds is 4. The summed E-state index contributed by atoms with van der Waals surface area (Å²) >= 11 is 0. The van der Waals surface area contributed by atoms with E-state index in [4.69, 9.17) is 9.72 Å². The molecule has 6 heteroatoms. The first-order valence-electron chi connectivity index (χ1n) is 10.5. The summed E-state index contributed by atoms with van der Waals surface area (Å²) in [6, 6.07) is 13.8. The molecular weight excluding hydrogens is 378 g/mol. The fourth-order valence-corrected chi connectivity index (χ4v) is 4.19. The third-order valence-corrected chi connectivity index (χ3v) is 5.76. The molecule has 156 valence electrons. The van der Waals surface area contributed by atoms with Crippen LogP contribution in [0.2, 0.25) is 0 Å². The number of carbonyl (C=O) groups is 2. The van der Waals surface area contributed by atoms with Crippen molar-refractivity contribution in [3.05, 3.63) is 59.4 Å². The Morgan fingerprint density at radius 3 is 2.60 bits per heavy atom. The third kappa shape index (κ3) is 3.82. The van der Waals surface area contributed by atoms with Crippen molar-refractivity contribution in [3.8, 4) is 5.69 Å². The Morgan fingerprint density at radius 1 is 1.13 bits per heavy atom. The van der Waals surface area contributed by atoms with Gasteiger partial charge in [0.2, 0.25) is 5.91 Å². The van der Waals surface area contributed by atoms with E-state index in [9.17, 15) is 9.59 Å². The van der Waals surface area contributed by atoms with E-state index in [0.29, 0.717) is 12.2 Å². The fourth-order valence-electron chi connectivity index (χ4n) is 4.19. The van der Waals surface area contributed by atoms with Gasteiger partial charge in [-0.2, -0.15) is 0 Å². The first kappa shape index (κ1) is 20.1. The van der Waals surface area contributed by atoms with Gasteiger partial charge >= 0.3 is 5.97 Å². The second kappa shape index (κ2) is 8.30. The highest BCUT2D eigenvalue weighted by atomic mass is 16.5. The van der Waals surface area contributed by atoms with Crippen molar-refractivity contribution in [1.82, 2.24) is 14.5 Å². The Labute approximate surface area is 176 Å². The number of piperidine rings is 1. The number of hydrogen-bond acceptors (Lipinski definition) is 4. The van der Waals surface area contributed by atoms with Gasteiger partial charge in [0.05, 0.1) is 23.2 Å². The standard InChI is InChI=1S/C24H27N3O3/c1-4-30-24(29)19-6-5-7-20(15-19)27-22-9-8-16(2)14-21(22)25-23(27)18-10-12-26(13-11-18)17(3)28/h5-9,14-15,18H,4,10-13H2,1-3H3. The molecule has 0 bridgehead atoms. The number of aryl methyl sites for hydroxylation is 1. The minimum atomic E-state index is -0.323. The summed E-state index contributed by atoms with van der Waals surface area (Å²) in [7, 11) is 0. The molecule has 1 aromatic heterocycles. The van der Waals surface area contributed by atoms with E-state index in [1.54, 1.807) is 19.9 Å². The van der Waals surface area contributed by atoms with E-state index < -0.39 is 0 Å². The maximum atomic E-state index is 12.3. The summed E-state index contributed by atoms with van der Waals surface area (Å²) in [5, 5.41) is 0. The van der Waals surface area contributed by atoms with Crippen molar-refractivity contribution in [2.24, 2.45) is 0 Å². The van der Waals surface area contributed by atoms with Crippen LogP contribution in [-0.4, -0.2) is 46.0 Å². The molecule has 2 aromatic carbocycles. The molecule has 1 saturated heterocycles. The number of imidazole rings is 1. The zero-order chi connectivity index (χ0) is 21.3. The lowest BCUT2D eigenvalue weighted by atomic mass is 9.95. The van der Waals surface area contributed by atoms with Crippen molar-refractivity contribution in [2.45, 2.75) is 39.5 Å². The number of aromatic nitrogens is 2. The first-order chi connectivity index (χ1) is 14.5. The van der Waals surface area contributed by atoms with Crippen LogP contribution in [0.15, 0.2) is 42.5 Å². The van der Waals surface area contributed by atoms with Gasteiger partial charge in [-0.15, -0.1) is 0 Å². The van der Waals surface area contributed by atoms with Crippen molar-refractivity contribution >= 4 is 22.9 Å². The van der Waals surface area contributed by atoms with Gasteiger partial charge in [0.1, 0.15) is 5.82 Å². The lowest BCUT2D eigenvalue weighted by Crippen LogP contribution is -2.36. The van der Waals surface area contributed by atoms with Gasteiger partial charge in [-0.25, -0.2) is 9.78 Å². The quantitative estimate of drug-likeness (QED) is 0.609. The Bertz CT molecular complexity index is 1090. The van der Waals surface area contributed by atoms with E-state index in [2.05, 4.69) is 29.7 Å². The third-order valence-electron chi connectivity index (χ3n) is 5.76. The molecule has 0 radical (unpaired) electrons. The largest absolute Gasteiger partial charge is 0.462 e. The molecule has 30 heavy (non-hydrogen) atoms. The molecule has 6 nitrogen and oxygen atoms in total. The molecule has 1 fully saturated rings. The summed E-state index contributed by atoms with van der Waals surface area (Å²) < 4.78 is 7.34. The molecule has 0 aliphatic carbocycles. The number of likely N-dealkylation sites (tertiary alicyclic amines) is 1. The average molecular weight is 405 g/mol. The molecule has 1 aliphatic rings. The highest BCUT2D eigenvalue weighted by molar-refractivity contribution is 5.90. The van der Waals surface area contributed by atoms with Crippen LogP contribution in [0.3, 0.4) is 0 Å². The van der Waals surface area contributed by atoms with Crippen LogP contribution in [-0.2, 0) is 9.53 Å². The van der Waals surface area contributed by atoms with Gasteiger partial charge in [-0.1, -0.05) is 12.1 Å². The van der Waals surface area contributed by atoms with Gasteiger partial charge in [0, 0.05) is 31.6 Å². The van der Waals surface area contributed by atoms with Crippen LogP contribution in [0.1, 0.15) is 54.4 Å². The van der Waals surface area contributed by atoms with Crippen LogP contribution in [0, 0.1) is 6.92 Å². The molecule has 0 N–H and O–H groups in total. The van der Waals surface area contributed by atoms with Crippen LogP contribution in [0.4, 0.5) is 0 Å². The van der Waals surface area contributed by atoms with Crippen LogP contribution >= 0.6 is 0 Å². The molecule has 3 aromatic rings. The highest BCUT2D eigenvalue weighted by Crippen LogP contribution is 2.33. The predicted molar refractivity (Wildman–Crippen MR) is 116 cm³/mol. The van der Waals surface area contributed by atoms with Crippen molar-refractivity contribution in [2.75, 3.05) is 19.7 Å². The topological polar surface area (TPSA) is 64.4 Å². The fraction of sp³-hybridized carbons (Fsp3) is 0.375. The molecule has 0 saturated carbocycles. The Morgan fingerprint density at radius 2 is 1.90 bits per heavy atom. The second-order valence-corrected chi connectivity index (χ2v) is 7.85. The molecule has 0 atom stereocenters. The van der Waals surface area contributed by atoms with Crippen LogP contribution < -0.4 is 0 Å². The lowest BCUT2D eigenvalue weighted by molar-refractivity contribution is -0.129. The monoisotopic (exact) mass is 405 g/mol. The van der Waals surface area contributed by atoms with Crippen molar-refractivity contribution in [1.29, 1.82) is 0 Å². The van der Waals surface area contributed by atoms with Gasteiger partial charge in [-0.05, 0) is 62.6 Å². The number of benzene rings is 2. The van der Waals surface area contributed by atoms with Gasteiger partial charge in [-0.3, -0.25) is 9.36 Å². The summed E-state index contributed by atoms with van der Waals surface area (Å²) in [5.41, 5.74) is 4.55. The predicted octanol–water partition coefficient (Wildman–Crippen LogP) is 4.24. The zero-order valence-electron chi connectivity index (χ0n) is 17.7. The summed E-state index contributed by atoms with van der Waals surface area (Å²) in [6.07, 6.45) is 1.75. The molecule has 4 rings (SSSR count). The maximum absolute atomic E-state index is 12.3. The number of carbonyl (C=O) groups excluding carboxylic acids is 2. The number of ether oxygens (including phenoxy) is 1. The van der Waals surface area contributed by atoms with E-state index in [-0.39, 0.29) is 17.8 Å². The molecular formula is C24H27N3O3. The highest BCUT2D eigenvalue weighted by Gasteiger charge is 2.27. The Balaban J connectivity index is 1.79. The van der Waals surface area contributed by atoms with Crippen molar-refractivity contribution in [3.63, 3.8) is 0 Å². The summed E-state index contributed by atoms with van der Waals surface area (Å²) in [4.78, 5) is 30.9. The van der Waals surface area contributed by atoms with E-state index in [1.807, 2.05) is 23.1 Å². The number of hydrogen-bond donors (Lipinski definition) is 0. The Hall–Kier alpha value is -3.15. The minimum Gasteiger partial charge on any atom is -0.462 e. The summed E-state index contributed by atoms with van der Waals surface area (Å²) in [6.45, 7) is 7.32.